The molecule has 81 heavy (non-hydrogen) atoms. The third-order valence-corrected chi connectivity index (χ3v) is 15.0. The highest BCUT2D eigenvalue weighted by atomic mass is 35.5. The molecule has 1 unspecified atom stereocenters. The van der Waals surface area contributed by atoms with Crippen molar-refractivity contribution in [3.8, 4) is 5.75 Å². The molecular formula is C46H60Cl2F4N8O19P2. The molecule has 6 rings (SSSR count). The number of carbonyl (C=O) groups is 1. The normalized spacial score (nSPS) is 17.3. The first kappa shape index (κ1) is 65.7. The summed E-state index contributed by atoms with van der Waals surface area (Å²) in [6, 6.07) is 5.00. The lowest BCUT2D eigenvalue weighted by molar-refractivity contribution is -0.136. The Morgan fingerprint density at radius 1 is 0.741 bits per heavy atom. The second-order valence-electron chi connectivity index (χ2n) is 17.3. The minimum atomic E-state index is -4.94. The SMILES string of the molecule is O=C(CCOCCOCCOCCOCCn1cc(COCCOCCOCCOCCN(Cc2ccc(Cl)cc2F)c2nc(Cl)nc3c2cnn3[C@@H]2O[C@H](COP(=O)(O)CP(=O)(O)O)[C@@H](O)[C@H]2O)nn1)Oc1c(F)cc(F)cc1F. The maximum Gasteiger partial charge on any atom is 0.340 e. The van der Waals surface area contributed by atoms with Crippen LogP contribution in [0.5, 0.6) is 5.75 Å². The molecule has 450 valence electrons. The Bertz CT molecular complexity index is 2850. The van der Waals surface area contributed by atoms with Crippen molar-refractivity contribution in [2.75, 3.05) is 123 Å². The van der Waals surface area contributed by atoms with Crippen LogP contribution in [0.3, 0.4) is 0 Å². The molecule has 3 aromatic heterocycles. The molecule has 5 atom stereocenters. The fraction of sp³-hybridized carbons (Fsp3) is 0.565. The van der Waals surface area contributed by atoms with E-state index in [9.17, 15) is 42.2 Å². The van der Waals surface area contributed by atoms with Gasteiger partial charge in [0, 0.05) is 35.8 Å². The van der Waals surface area contributed by atoms with Crippen LogP contribution >= 0.6 is 38.4 Å². The molecule has 4 heterocycles. The molecule has 1 saturated heterocycles. The van der Waals surface area contributed by atoms with Crippen LogP contribution < -0.4 is 9.64 Å². The van der Waals surface area contributed by atoms with Crippen molar-refractivity contribution in [1.82, 2.24) is 34.7 Å². The Kier molecular flexibility index (Phi) is 26.9. The predicted octanol–water partition coefficient (Wildman–Crippen LogP) is 3.57. The average molecular weight is 1240 g/mol. The monoisotopic (exact) mass is 1240 g/mol. The summed E-state index contributed by atoms with van der Waals surface area (Å²) in [5, 5.41) is 34.2. The Morgan fingerprint density at radius 3 is 1.95 bits per heavy atom. The molecule has 27 nitrogen and oxygen atoms in total. The summed E-state index contributed by atoms with van der Waals surface area (Å²) < 4.78 is 141. The third kappa shape index (κ3) is 22.2. The Morgan fingerprint density at radius 2 is 1.33 bits per heavy atom. The predicted molar refractivity (Wildman–Crippen MR) is 273 cm³/mol. The van der Waals surface area contributed by atoms with Crippen LogP contribution in [0.25, 0.3) is 11.0 Å². The fourth-order valence-corrected chi connectivity index (χ4v) is 10.2. The van der Waals surface area contributed by atoms with E-state index in [0.717, 1.165) is 10.7 Å². The number of aliphatic hydroxyl groups is 2. The molecule has 0 spiro atoms. The minimum Gasteiger partial charge on any atom is -0.420 e. The summed E-state index contributed by atoms with van der Waals surface area (Å²) in [6.07, 6.45) is -3.50. The van der Waals surface area contributed by atoms with Crippen LogP contribution in [0, 0.1) is 23.3 Å². The van der Waals surface area contributed by atoms with E-state index in [-0.39, 0.29) is 118 Å². The second kappa shape index (κ2) is 33.2. The van der Waals surface area contributed by atoms with Gasteiger partial charge in [-0.1, -0.05) is 22.9 Å². The second-order valence-corrected chi connectivity index (χ2v) is 22.1. The molecule has 5 N–H and O–H groups in total. The first-order chi connectivity index (χ1) is 38.8. The lowest BCUT2D eigenvalue weighted by atomic mass is 10.1. The Balaban J connectivity index is 0.794. The molecule has 2 aromatic carbocycles. The van der Waals surface area contributed by atoms with Gasteiger partial charge in [0.1, 0.15) is 41.5 Å². The molecule has 1 aliphatic rings. The summed E-state index contributed by atoms with van der Waals surface area (Å²) in [5.74, 6) is -7.58. The van der Waals surface area contributed by atoms with Crippen LogP contribution in [0.2, 0.25) is 10.3 Å². The number of halogens is 6. The number of aromatic nitrogens is 7. The van der Waals surface area contributed by atoms with E-state index in [4.69, 9.17) is 80.1 Å². The molecule has 1 fully saturated rings. The topological polar surface area (TPSA) is 331 Å². The van der Waals surface area contributed by atoms with Crippen LogP contribution in [-0.4, -0.2) is 202 Å². The zero-order valence-electron chi connectivity index (χ0n) is 43.1. The van der Waals surface area contributed by atoms with Crippen molar-refractivity contribution >= 4 is 61.2 Å². The summed E-state index contributed by atoms with van der Waals surface area (Å²) in [4.78, 5) is 50.1. The molecule has 0 amide bonds. The number of anilines is 1. The maximum atomic E-state index is 15.1. The van der Waals surface area contributed by atoms with Crippen LogP contribution in [0.1, 0.15) is 23.9 Å². The van der Waals surface area contributed by atoms with Crippen molar-refractivity contribution in [2.45, 2.75) is 50.7 Å². The average Bonchev–Trinajstić information content (AvgIpc) is 4.11. The van der Waals surface area contributed by atoms with E-state index < -0.39 is 87.2 Å². The zero-order valence-corrected chi connectivity index (χ0v) is 46.4. The van der Waals surface area contributed by atoms with Gasteiger partial charge in [-0.2, -0.15) is 15.1 Å². The highest BCUT2D eigenvalue weighted by Crippen LogP contribution is 2.55. The molecular weight excluding hydrogens is 1180 g/mol. The van der Waals surface area contributed by atoms with Crippen molar-refractivity contribution in [1.29, 1.82) is 0 Å². The van der Waals surface area contributed by atoms with Gasteiger partial charge in [-0.3, -0.25) is 13.9 Å². The smallest absolute Gasteiger partial charge is 0.340 e. The van der Waals surface area contributed by atoms with Gasteiger partial charge in [0.15, 0.2) is 29.4 Å². The van der Waals surface area contributed by atoms with Gasteiger partial charge in [0.2, 0.25) is 11.0 Å². The summed E-state index contributed by atoms with van der Waals surface area (Å²) in [6.45, 7) is 3.54. The first-order valence-electron chi connectivity index (χ1n) is 24.7. The Hall–Kier alpha value is -4.44. The zero-order chi connectivity index (χ0) is 58.4. The molecule has 0 bridgehead atoms. The van der Waals surface area contributed by atoms with E-state index in [2.05, 4.69) is 30.1 Å². The quantitative estimate of drug-likeness (QED) is 0.00937. The van der Waals surface area contributed by atoms with Gasteiger partial charge in [-0.05, 0) is 23.7 Å². The number of esters is 1. The molecule has 35 heteroatoms. The van der Waals surface area contributed by atoms with Gasteiger partial charge < -0.3 is 81.7 Å². The number of rotatable bonds is 39. The number of nitrogens with zero attached hydrogens (tertiary/aromatic N) is 8. The number of hydrogen-bond acceptors (Lipinski definition) is 22. The van der Waals surface area contributed by atoms with Crippen LogP contribution in [-0.2, 0) is 80.8 Å². The summed E-state index contributed by atoms with van der Waals surface area (Å²) in [5.41, 5.74) is 0.886. The summed E-state index contributed by atoms with van der Waals surface area (Å²) in [7, 11) is -9.76. The number of aliphatic hydroxyl groups excluding tert-OH is 2. The highest BCUT2D eigenvalue weighted by molar-refractivity contribution is 7.70. The van der Waals surface area contributed by atoms with Gasteiger partial charge >= 0.3 is 21.2 Å². The maximum absolute atomic E-state index is 15.1. The van der Waals surface area contributed by atoms with Crippen molar-refractivity contribution < 1.29 is 108 Å². The standard InChI is InChI=1S/C46H60Cl2F4N8O19P2/c47-31-2-1-30(35(50)21-31)25-58(43-34-24-53-60(44(34)55-46(48)54-43)45-41(63)40(62)38(78-45)28-77-81(67,68)29-80(64,65)66)4-7-70-10-13-73-17-18-75-19-20-76-27-33-26-59(57-56-33)5-8-71-11-14-74-16-15-72-12-9-69-6-3-39(61)79-42-36(51)22-32(49)23-37(42)52/h1-2,21-24,26,38,40-41,45,62-63H,3-20,25,27-29H2,(H,67,68)(H2,64,65,66)/t38-,40-,41-,45-/m1/s1. The van der Waals surface area contributed by atoms with Crippen molar-refractivity contribution in [2.24, 2.45) is 0 Å². The largest absolute Gasteiger partial charge is 0.420 e. The van der Waals surface area contributed by atoms with E-state index in [1.54, 1.807) is 15.8 Å². The number of ether oxygens (including phenoxy) is 10. The molecule has 1 aliphatic heterocycles. The number of fused-ring (bicyclic) bond motifs is 1. The first-order valence-corrected chi connectivity index (χ1v) is 29.1. The van der Waals surface area contributed by atoms with E-state index >= 15 is 4.39 Å². The van der Waals surface area contributed by atoms with Crippen molar-refractivity contribution in [3.05, 3.63) is 87.6 Å². The molecule has 0 radical (unpaired) electrons. The number of benzene rings is 2. The molecule has 5 aromatic rings. The number of hydrogen-bond donors (Lipinski definition) is 5. The Labute approximate surface area is 469 Å². The highest BCUT2D eigenvalue weighted by Gasteiger charge is 2.46. The molecule has 0 saturated carbocycles. The van der Waals surface area contributed by atoms with Gasteiger partial charge in [0.25, 0.3) is 0 Å². The minimum absolute atomic E-state index is 0.0187. The number of carbonyl (C=O) groups excluding carboxylic acids is 1. The van der Waals surface area contributed by atoms with Crippen LogP contribution in [0.15, 0.2) is 42.7 Å². The van der Waals surface area contributed by atoms with E-state index in [0.29, 0.717) is 64.0 Å². The van der Waals surface area contributed by atoms with Gasteiger partial charge in [-0.15, -0.1) is 5.10 Å². The van der Waals surface area contributed by atoms with E-state index in [1.807, 2.05) is 0 Å². The van der Waals surface area contributed by atoms with Gasteiger partial charge in [0.05, 0.1) is 143 Å². The fourth-order valence-electron chi connectivity index (χ4n) is 7.35. The van der Waals surface area contributed by atoms with Crippen LogP contribution in [0.4, 0.5) is 23.4 Å². The molecule has 0 aliphatic carbocycles. The van der Waals surface area contributed by atoms with Gasteiger partial charge in [-0.25, -0.2) is 26.9 Å². The lowest BCUT2D eigenvalue weighted by Gasteiger charge is -2.25. The lowest BCUT2D eigenvalue weighted by Crippen LogP contribution is -2.33. The van der Waals surface area contributed by atoms with Crippen molar-refractivity contribution in [3.63, 3.8) is 0 Å². The summed E-state index contributed by atoms with van der Waals surface area (Å²) >= 11 is 12.4. The third-order valence-electron chi connectivity index (χ3n) is 11.1. The van der Waals surface area contributed by atoms with E-state index in [1.165, 1.54) is 18.3 Å².